The first-order valence-corrected chi connectivity index (χ1v) is 5.44. The van der Waals surface area contributed by atoms with Gasteiger partial charge in [0.25, 0.3) is 0 Å². The number of fused-ring (bicyclic) bond motifs is 1. The molecular weight excluding hydrogens is 190 g/mol. The molecular formula is C12H17NO2. The first-order chi connectivity index (χ1) is 7.29. The fraction of sp³-hybridized carbons (Fsp3) is 0.500. The van der Waals surface area contributed by atoms with Gasteiger partial charge in [0.1, 0.15) is 0 Å². The van der Waals surface area contributed by atoms with Crippen molar-refractivity contribution in [2.24, 2.45) is 0 Å². The lowest BCUT2D eigenvalue weighted by Gasteiger charge is -2.11. The van der Waals surface area contributed by atoms with E-state index in [-0.39, 0.29) is 6.61 Å². The zero-order valence-corrected chi connectivity index (χ0v) is 8.74. The van der Waals surface area contributed by atoms with Crippen LogP contribution in [0.2, 0.25) is 0 Å². The summed E-state index contributed by atoms with van der Waals surface area (Å²) in [6, 6.07) is 6.33. The molecule has 1 aromatic rings. The average molecular weight is 207 g/mol. The highest BCUT2D eigenvalue weighted by Crippen LogP contribution is 2.24. The Balaban J connectivity index is 1.98. The van der Waals surface area contributed by atoms with E-state index >= 15 is 0 Å². The van der Waals surface area contributed by atoms with Gasteiger partial charge in [-0.2, -0.15) is 0 Å². The quantitative estimate of drug-likeness (QED) is 0.688. The molecule has 1 atom stereocenters. The molecule has 3 heteroatoms. The van der Waals surface area contributed by atoms with E-state index < -0.39 is 6.10 Å². The van der Waals surface area contributed by atoms with Crippen molar-refractivity contribution in [1.82, 2.24) is 0 Å². The van der Waals surface area contributed by atoms with E-state index in [2.05, 4.69) is 17.4 Å². The molecule has 0 radical (unpaired) electrons. The molecule has 0 heterocycles. The van der Waals surface area contributed by atoms with Gasteiger partial charge in [-0.25, -0.2) is 0 Å². The molecule has 15 heavy (non-hydrogen) atoms. The van der Waals surface area contributed by atoms with Gasteiger partial charge >= 0.3 is 0 Å². The van der Waals surface area contributed by atoms with E-state index in [0.29, 0.717) is 6.54 Å². The lowest BCUT2D eigenvalue weighted by molar-refractivity contribution is 0.105. The summed E-state index contributed by atoms with van der Waals surface area (Å²) in [5.41, 5.74) is 3.89. The molecule has 1 aliphatic carbocycles. The van der Waals surface area contributed by atoms with Crippen LogP contribution in [0.25, 0.3) is 0 Å². The Morgan fingerprint density at radius 3 is 2.87 bits per heavy atom. The summed E-state index contributed by atoms with van der Waals surface area (Å²) in [5.74, 6) is 0. The third-order valence-corrected chi connectivity index (χ3v) is 2.85. The summed E-state index contributed by atoms with van der Waals surface area (Å²) < 4.78 is 0. The summed E-state index contributed by atoms with van der Waals surface area (Å²) in [7, 11) is 0. The Hall–Kier alpha value is -1.06. The third-order valence-electron chi connectivity index (χ3n) is 2.85. The van der Waals surface area contributed by atoms with Crippen LogP contribution < -0.4 is 5.32 Å². The highest BCUT2D eigenvalue weighted by Gasteiger charge is 2.10. The number of aryl methyl sites for hydroxylation is 2. The molecule has 3 N–H and O–H groups in total. The minimum absolute atomic E-state index is 0.196. The van der Waals surface area contributed by atoms with Crippen LogP contribution in [0.4, 0.5) is 5.69 Å². The van der Waals surface area contributed by atoms with Crippen LogP contribution in [0.15, 0.2) is 18.2 Å². The van der Waals surface area contributed by atoms with Gasteiger partial charge in [-0.05, 0) is 42.5 Å². The Bertz CT molecular complexity index is 338. The molecule has 0 saturated heterocycles. The zero-order chi connectivity index (χ0) is 10.7. The van der Waals surface area contributed by atoms with Crippen LogP contribution in [0.1, 0.15) is 17.5 Å². The molecule has 0 amide bonds. The summed E-state index contributed by atoms with van der Waals surface area (Å²) in [4.78, 5) is 0. The Labute approximate surface area is 89.8 Å². The average Bonchev–Trinajstić information content (AvgIpc) is 2.72. The van der Waals surface area contributed by atoms with Crippen molar-refractivity contribution in [1.29, 1.82) is 0 Å². The second-order valence-corrected chi connectivity index (χ2v) is 4.05. The molecule has 1 aromatic carbocycles. The molecule has 0 saturated carbocycles. The van der Waals surface area contributed by atoms with Crippen molar-refractivity contribution in [2.45, 2.75) is 25.4 Å². The van der Waals surface area contributed by atoms with Crippen molar-refractivity contribution in [2.75, 3.05) is 18.5 Å². The summed E-state index contributed by atoms with van der Waals surface area (Å²) in [5, 5.41) is 21.0. The van der Waals surface area contributed by atoms with Gasteiger partial charge in [-0.3, -0.25) is 0 Å². The number of nitrogens with one attached hydrogen (secondary N) is 1. The lowest BCUT2D eigenvalue weighted by atomic mass is 10.1. The maximum atomic E-state index is 9.20. The largest absolute Gasteiger partial charge is 0.394 e. The van der Waals surface area contributed by atoms with Gasteiger partial charge in [-0.1, -0.05) is 6.07 Å². The highest BCUT2D eigenvalue weighted by atomic mass is 16.3. The fourth-order valence-electron chi connectivity index (χ4n) is 1.98. The molecule has 0 aromatic heterocycles. The second-order valence-electron chi connectivity index (χ2n) is 4.05. The van der Waals surface area contributed by atoms with Gasteiger partial charge < -0.3 is 15.5 Å². The topological polar surface area (TPSA) is 52.5 Å². The number of aliphatic hydroxyl groups is 2. The zero-order valence-electron chi connectivity index (χ0n) is 8.74. The van der Waals surface area contributed by atoms with Crippen molar-refractivity contribution in [3.05, 3.63) is 29.3 Å². The molecule has 0 unspecified atom stereocenters. The van der Waals surface area contributed by atoms with E-state index in [9.17, 15) is 5.11 Å². The lowest BCUT2D eigenvalue weighted by Crippen LogP contribution is -2.22. The predicted octanol–water partition coefficient (Wildman–Crippen LogP) is 0.940. The number of hydrogen-bond donors (Lipinski definition) is 3. The molecule has 1 aliphatic rings. The molecule has 0 aliphatic heterocycles. The van der Waals surface area contributed by atoms with Crippen molar-refractivity contribution < 1.29 is 10.2 Å². The summed E-state index contributed by atoms with van der Waals surface area (Å²) in [6.07, 6.45) is 2.92. The molecule has 0 bridgehead atoms. The number of anilines is 1. The van der Waals surface area contributed by atoms with Gasteiger partial charge in [0.15, 0.2) is 0 Å². The number of rotatable bonds is 4. The molecule has 82 valence electrons. The van der Waals surface area contributed by atoms with Crippen LogP contribution in [0, 0.1) is 0 Å². The third kappa shape index (κ3) is 2.49. The maximum absolute atomic E-state index is 9.20. The number of aliphatic hydroxyl groups excluding tert-OH is 2. The Kier molecular flexibility index (Phi) is 3.23. The normalized spacial score (nSPS) is 16.1. The SMILES string of the molecule is OC[C@@H](O)CNc1ccc2c(c1)CCC2. The van der Waals surface area contributed by atoms with Crippen LogP contribution in [0.3, 0.4) is 0 Å². The van der Waals surface area contributed by atoms with Gasteiger partial charge in [0, 0.05) is 12.2 Å². The second kappa shape index (κ2) is 4.64. The predicted molar refractivity (Wildman–Crippen MR) is 60.0 cm³/mol. The van der Waals surface area contributed by atoms with Gasteiger partial charge in [0.05, 0.1) is 12.7 Å². The standard InChI is InChI=1S/C12H17NO2/c14-8-12(15)7-13-11-5-4-9-2-1-3-10(9)6-11/h4-6,12-15H,1-3,7-8H2/t12-/m0/s1. The summed E-state index contributed by atoms with van der Waals surface area (Å²) >= 11 is 0. The van der Waals surface area contributed by atoms with Crippen molar-refractivity contribution in [3.8, 4) is 0 Å². The first-order valence-electron chi connectivity index (χ1n) is 5.44. The van der Waals surface area contributed by atoms with E-state index in [1.807, 2.05) is 6.07 Å². The first kappa shape index (κ1) is 10.5. The maximum Gasteiger partial charge on any atom is 0.0942 e. The molecule has 0 spiro atoms. The van der Waals surface area contributed by atoms with Crippen molar-refractivity contribution >= 4 is 5.69 Å². The van der Waals surface area contributed by atoms with E-state index in [0.717, 1.165) is 12.1 Å². The minimum atomic E-state index is -0.682. The van der Waals surface area contributed by atoms with Gasteiger partial charge in [0.2, 0.25) is 0 Å². The monoisotopic (exact) mass is 207 g/mol. The number of benzene rings is 1. The van der Waals surface area contributed by atoms with E-state index in [4.69, 9.17) is 5.11 Å². The molecule has 0 fully saturated rings. The van der Waals surface area contributed by atoms with Crippen LogP contribution in [-0.2, 0) is 12.8 Å². The molecule has 3 nitrogen and oxygen atoms in total. The Morgan fingerprint density at radius 1 is 1.27 bits per heavy atom. The number of hydrogen-bond acceptors (Lipinski definition) is 3. The van der Waals surface area contributed by atoms with Crippen LogP contribution >= 0.6 is 0 Å². The van der Waals surface area contributed by atoms with Crippen LogP contribution in [-0.4, -0.2) is 29.5 Å². The van der Waals surface area contributed by atoms with Gasteiger partial charge in [-0.15, -0.1) is 0 Å². The van der Waals surface area contributed by atoms with Crippen LogP contribution in [0.5, 0.6) is 0 Å². The highest BCUT2D eigenvalue weighted by molar-refractivity contribution is 5.50. The van der Waals surface area contributed by atoms with Crippen molar-refractivity contribution in [3.63, 3.8) is 0 Å². The fourth-order valence-corrected chi connectivity index (χ4v) is 1.98. The minimum Gasteiger partial charge on any atom is -0.394 e. The summed E-state index contributed by atoms with van der Waals surface area (Å²) in [6.45, 7) is 0.202. The molecule has 2 rings (SSSR count). The Morgan fingerprint density at radius 2 is 2.07 bits per heavy atom. The van der Waals surface area contributed by atoms with E-state index in [1.54, 1.807) is 0 Å². The van der Waals surface area contributed by atoms with E-state index in [1.165, 1.54) is 24.0 Å². The smallest absolute Gasteiger partial charge is 0.0942 e.